The molecule has 172 valence electrons. The van der Waals surface area contributed by atoms with Crippen LogP contribution in [-0.2, 0) is 38.8 Å². The fraction of sp³-hybridized carbons (Fsp3) is 0.310. The molecule has 0 unspecified atom stereocenters. The lowest BCUT2D eigenvalue weighted by Gasteiger charge is -2.24. The summed E-state index contributed by atoms with van der Waals surface area (Å²) in [6, 6.07) is 30.6. The average Bonchev–Trinajstić information content (AvgIpc) is 3.19. The first-order valence-corrected chi connectivity index (χ1v) is 11.5. The summed E-state index contributed by atoms with van der Waals surface area (Å²) in [6.45, 7) is 3.98. The normalized spacial score (nSPS) is 22.7. The Labute approximate surface area is 196 Å². The van der Waals surface area contributed by atoms with Gasteiger partial charge in [-0.2, -0.15) is 0 Å². The SMILES string of the molecule is C/C=C/[C@@H]1O[C@H](COCc2ccccc2)[C@@H](OCc2ccccc2)[C@H]1OCc1ccccc1. The molecule has 1 aliphatic heterocycles. The number of ether oxygens (including phenoxy) is 4. The highest BCUT2D eigenvalue weighted by atomic mass is 16.6. The molecule has 0 bridgehead atoms. The molecule has 0 aliphatic carbocycles. The average molecular weight is 445 g/mol. The van der Waals surface area contributed by atoms with E-state index in [1.54, 1.807) is 0 Å². The molecule has 4 nitrogen and oxygen atoms in total. The number of hydrogen-bond acceptors (Lipinski definition) is 4. The van der Waals surface area contributed by atoms with E-state index in [2.05, 4.69) is 36.4 Å². The number of hydrogen-bond donors (Lipinski definition) is 0. The molecule has 1 saturated heterocycles. The van der Waals surface area contributed by atoms with E-state index in [0.717, 1.165) is 16.7 Å². The molecule has 0 spiro atoms. The van der Waals surface area contributed by atoms with Gasteiger partial charge in [0, 0.05) is 0 Å². The molecule has 0 radical (unpaired) electrons. The van der Waals surface area contributed by atoms with E-state index in [4.69, 9.17) is 18.9 Å². The van der Waals surface area contributed by atoms with Crippen molar-refractivity contribution in [1.29, 1.82) is 0 Å². The minimum atomic E-state index is -0.245. The molecule has 4 rings (SSSR count). The monoisotopic (exact) mass is 444 g/mol. The van der Waals surface area contributed by atoms with Gasteiger partial charge in [-0.25, -0.2) is 0 Å². The van der Waals surface area contributed by atoms with Crippen LogP contribution < -0.4 is 0 Å². The quantitative estimate of drug-likeness (QED) is 0.355. The van der Waals surface area contributed by atoms with E-state index >= 15 is 0 Å². The van der Waals surface area contributed by atoms with Crippen molar-refractivity contribution < 1.29 is 18.9 Å². The van der Waals surface area contributed by atoms with Gasteiger partial charge in [-0.1, -0.05) is 103 Å². The summed E-state index contributed by atoms with van der Waals surface area (Å²) in [5.41, 5.74) is 3.39. The van der Waals surface area contributed by atoms with Crippen molar-refractivity contribution in [1.82, 2.24) is 0 Å². The van der Waals surface area contributed by atoms with Crippen molar-refractivity contribution in [3.8, 4) is 0 Å². The molecule has 4 atom stereocenters. The van der Waals surface area contributed by atoms with Crippen LogP contribution in [0.25, 0.3) is 0 Å². The van der Waals surface area contributed by atoms with E-state index in [1.165, 1.54) is 0 Å². The zero-order valence-electron chi connectivity index (χ0n) is 19.1. The minimum Gasteiger partial charge on any atom is -0.374 e. The maximum absolute atomic E-state index is 6.42. The van der Waals surface area contributed by atoms with Crippen LogP contribution in [0.5, 0.6) is 0 Å². The van der Waals surface area contributed by atoms with E-state index in [0.29, 0.717) is 26.4 Å². The molecule has 1 aliphatic rings. The topological polar surface area (TPSA) is 36.9 Å². The van der Waals surface area contributed by atoms with Crippen molar-refractivity contribution in [2.75, 3.05) is 6.61 Å². The van der Waals surface area contributed by atoms with Crippen molar-refractivity contribution in [3.63, 3.8) is 0 Å². The van der Waals surface area contributed by atoms with Gasteiger partial charge >= 0.3 is 0 Å². The molecule has 0 amide bonds. The lowest BCUT2D eigenvalue weighted by Crippen LogP contribution is -2.38. The Hall–Kier alpha value is -2.76. The van der Waals surface area contributed by atoms with Crippen LogP contribution in [0.1, 0.15) is 23.6 Å². The highest BCUT2D eigenvalue weighted by Gasteiger charge is 2.45. The van der Waals surface area contributed by atoms with Crippen LogP contribution in [0.15, 0.2) is 103 Å². The maximum atomic E-state index is 6.42. The van der Waals surface area contributed by atoms with Crippen molar-refractivity contribution >= 4 is 0 Å². The van der Waals surface area contributed by atoms with Crippen molar-refractivity contribution in [2.45, 2.75) is 51.2 Å². The van der Waals surface area contributed by atoms with Gasteiger partial charge in [-0.3, -0.25) is 0 Å². The second kappa shape index (κ2) is 12.5. The lowest BCUT2D eigenvalue weighted by molar-refractivity contribution is -0.0896. The van der Waals surface area contributed by atoms with Crippen molar-refractivity contribution in [3.05, 3.63) is 120 Å². The van der Waals surface area contributed by atoms with Gasteiger partial charge in [-0.05, 0) is 23.6 Å². The predicted octanol–water partition coefficient (Wildman–Crippen LogP) is 5.72. The molecule has 1 fully saturated rings. The third-order valence-electron chi connectivity index (χ3n) is 5.69. The van der Waals surface area contributed by atoms with Gasteiger partial charge in [0.05, 0.1) is 26.4 Å². The third-order valence-corrected chi connectivity index (χ3v) is 5.69. The minimum absolute atomic E-state index is 0.190. The zero-order chi connectivity index (χ0) is 22.7. The van der Waals surface area contributed by atoms with Crippen molar-refractivity contribution in [2.24, 2.45) is 0 Å². The van der Waals surface area contributed by atoms with Crippen LogP contribution >= 0.6 is 0 Å². The summed E-state index contributed by atoms with van der Waals surface area (Å²) in [6.07, 6.45) is 3.17. The first-order chi connectivity index (χ1) is 16.3. The van der Waals surface area contributed by atoms with E-state index in [9.17, 15) is 0 Å². The Kier molecular flexibility index (Phi) is 8.84. The summed E-state index contributed by atoms with van der Waals surface area (Å²) < 4.78 is 25.2. The zero-order valence-corrected chi connectivity index (χ0v) is 19.1. The molecule has 0 aromatic heterocycles. The molecule has 3 aromatic carbocycles. The largest absolute Gasteiger partial charge is 0.374 e. The summed E-state index contributed by atoms with van der Waals surface area (Å²) >= 11 is 0. The molecule has 33 heavy (non-hydrogen) atoms. The molecular weight excluding hydrogens is 412 g/mol. The summed E-state index contributed by atoms with van der Waals surface area (Å²) in [5, 5.41) is 0. The van der Waals surface area contributed by atoms with Crippen LogP contribution in [0.3, 0.4) is 0 Å². The Morgan fingerprint density at radius 3 is 1.67 bits per heavy atom. The fourth-order valence-corrected chi connectivity index (χ4v) is 4.03. The summed E-state index contributed by atoms with van der Waals surface area (Å²) in [4.78, 5) is 0. The highest BCUT2D eigenvalue weighted by Crippen LogP contribution is 2.30. The van der Waals surface area contributed by atoms with E-state index in [1.807, 2.05) is 73.7 Å². The molecule has 0 saturated carbocycles. The molecule has 0 N–H and O–H groups in total. The maximum Gasteiger partial charge on any atom is 0.116 e. The smallest absolute Gasteiger partial charge is 0.116 e. The van der Waals surface area contributed by atoms with E-state index < -0.39 is 0 Å². The first-order valence-electron chi connectivity index (χ1n) is 11.5. The fourth-order valence-electron chi connectivity index (χ4n) is 4.03. The molecule has 1 heterocycles. The van der Waals surface area contributed by atoms with Gasteiger partial charge < -0.3 is 18.9 Å². The Bertz CT molecular complexity index is 959. The second-order valence-electron chi connectivity index (χ2n) is 8.19. The third kappa shape index (κ3) is 6.86. The summed E-state index contributed by atoms with van der Waals surface area (Å²) in [7, 11) is 0. The van der Waals surface area contributed by atoms with Gasteiger partial charge in [0.1, 0.15) is 24.4 Å². The Balaban J connectivity index is 1.45. The molecular formula is C29H32O4. The van der Waals surface area contributed by atoms with Crippen LogP contribution in [0.2, 0.25) is 0 Å². The van der Waals surface area contributed by atoms with Gasteiger partial charge in [0.2, 0.25) is 0 Å². The number of allylic oxidation sites excluding steroid dienone is 1. The van der Waals surface area contributed by atoms with Crippen LogP contribution in [-0.4, -0.2) is 31.0 Å². The number of rotatable bonds is 11. The standard InChI is InChI=1S/C29H32O4/c1-2-12-26-28(31-20-24-15-8-4-9-16-24)29(32-21-25-17-10-5-11-18-25)27(33-26)22-30-19-23-13-6-3-7-14-23/h2-18,26-29H,19-22H2,1H3/b12-2+/t26-,27+,28-,29+/m0/s1. The van der Waals surface area contributed by atoms with Crippen LogP contribution in [0, 0.1) is 0 Å². The van der Waals surface area contributed by atoms with E-state index in [-0.39, 0.29) is 24.4 Å². The number of benzene rings is 3. The molecule has 3 aromatic rings. The predicted molar refractivity (Wildman–Crippen MR) is 130 cm³/mol. The Morgan fingerprint density at radius 1 is 0.667 bits per heavy atom. The Morgan fingerprint density at radius 2 is 1.15 bits per heavy atom. The second-order valence-corrected chi connectivity index (χ2v) is 8.19. The van der Waals surface area contributed by atoms with Gasteiger partial charge in [0.25, 0.3) is 0 Å². The lowest BCUT2D eigenvalue weighted by atomic mass is 10.1. The first kappa shape index (κ1) is 23.4. The highest BCUT2D eigenvalue weighted by molar-refractivity contribution is 5.16. The molecule has 4 heteroatoms. The van der Waals surface area contributed by atoms with Crippen LogP contribution in [0.4, 0.5) is 0 Å². The van der Waals surface area contributed by atoms with Gasteiger partial charge in [-0.15, -0.1) is 0 Å². The van der Waals surface area contributed by atoms with Gasteiger partial charge in [0.15, 0.2) is 0 Å². The summed E-state index contributed by atoms with van der Waals surface area (Å²) in [5.74, 6) is 0.